The first kappa shape index (κ1) is 15.1. The van der Waals surface area contributed by atoms with Gasteiger partial charge in [-0.15, -0.1) is 11.3 Å². The molecule has 0 bridgehead atoms. The highest BCUT2D eigenvalue weighted by atomic mass is 79.9. The van der Waals surface area contributed by atoms with Gasteiger partial charge in [-0.3, -0.25) is 0 Å². The van der Waals surface area contributed by atoms with Crippen LogP contribution >= 0.6 is 27.3 Å². The van der Waals surface area contributed by atoms with Crippen LogP contribution in [0.5, 0.6) is 0 Å². The smallest absolute Gasteiger partial charge is 0.0704 e. The van der Waals surface area contributed by atoms with Crippen molar-refractivity contribution in [3.63, 3.8) is 0 Å². The molecule has 1 atom stereocenters. The van der Waals surface area contributed by atoms with Gasteiger partial charge < -0.3 is 5.32 Å². The molecule has 2 aliphatic rings. The van der Waals surface area contributed by atoms with Crippen LogP contribution in [0.25, 0.3) is 0 Å². The molecule has 0 aromatic carbocycles. The van der Waals surface area contributed by atoms with E-state index in [1.165, 1.54) is 61.7 Å². The van der Waals surface area contributed by atoms with Crippen LogP contribution in [-0.4, -0.2) is 6.54 Å². The average molecular weight is 356 g/mol. The van der Waals surface area contributed by atoms with Gasteiger partial charge in [0.15, 0.2) is 0 Å². The Bertz CT molecular complexity index is 434. The zero-order valence-electron chi connectivity index (χ0n) is 12.5. The van der Waals surface area contributed by atoms with Gasteiger partial charge in [0.25, 0.3) is 0 Å². The van der Waals surface area contributed by atoms with E-state index in [-0.39, 0.29) is 0 Å². The Morgan fingerprint density at radius 2 is 1.95 bits per heavy atom. The first-order valence-corrected chi connectivity index (χ1v) is 9.88. The Hall–Kier alpha value is 0.140. The lowest BCUT2D eigenvalue weighted by atomic mass is 9.80. The summed E-state index contributed by atoms with van der Waals surface area (Å²) in [6.45, 7) is 3.58. The summed E-state index contributed by atoms with van der Waals surface area (Å²) in [5.74, 6) is 1.94. The molecule has 1 fully saturated rings. The Balaban J connectivity index is 1.52. The lowest BCUT2D eigenvalue weighted by molar-refractivity contribution is 0.254. The van der Waals surface area contributed by atoms with Crippen LogP contribution in [0, 0.1) is 11.8 Å². The third-order valence-electron chi connectivity index (χ3n) is 5.28. The molecule has 2 aliphatic carbocycles. The van der Waals surface area contributed by atoms with Gasteiger partial charge in [-0.1, -0.05) is 26.2 Å². The molecule has 0 radical (unpaired) electrons. The monoisotopic (exact) mass is 355 g/mol. The topological polar surface area (TPSA) is 12.0 Å². The fraction of sp³-hybridized carbons (Fsp3) is 0.765. The number of thiophene rings is 1. The summed E-state index contributed by atoms with van der Waals surface area (Å²) in [7, 11) is 0. The van der Waals surface area contributed by atoms with E-state index >= 15 is 0 Å². The van der Waals surface area contributed by atoms with Gasteiger partial charge in [-0.2, -0.15) is 0 Å². The number of nitrogens with one attached hydrogen (secondary N) is 1. The maximum Gasteiger partial charge on any atom is 0.0704 e. The fourth-order valence-corrected chi connectivity index (χ4v) is 5.71. The van der Waals surface area contributed by atoms with Crippen LogP contribution in [0.15, 0.2) is 9.85 Å². The van der Waals surface area contributed by atoms with E-state index in [0.29, 0.717) is 6.04 Å². The Kier molecular flexibility index (Phi) is 5.22. The standard InChI is InChI=1S/C17H26BrNS/c1-2-12-6-8-13(9-7-12)11-19-15-4-3-5-16-14(15)10-17(18)20-16/h10,12-13,15,19H,2-9,11H2,1H3. The summed E-state index contributed by atoms with van der Waals surface area (Å²) >= 11 is 5.59. The van der Waals surface area contributed by atoms with Crippen LogP contribution < -0.4 is 5.32 Å². The lowest BCUT2D eigenvalue weighted by Gasteiger charge is -2.30. The van der Waals surface area contributed by atoms with Crippen LogP contribution in [-0.2, 0) is 6.42 Å². The molecule has 1 saturated carbocycles. The maximum absolute atomic E-state index is 3.88. The SMILES string of the molecule is CCC1CCC(CNC2CCCc3sc(Br)cc32)CC1. The summed E-state index contributed by atoms with van der Waals surface area (Å²) in [4.78, 5) is 1.61. The quantitative estimate of drug-likeness (QED) is 0.730. The van der Waals surface area contributed by atoms with Crippen molar-refractivity contribution in [1.82, 2.24) is 5.32 Å². The first-order valence-electron chi connectivity index (χ1n) is 8.27. The Morgan fingerprint density at radius 1 is 1.20 bits per heavy atom. The van der Waals surface area contributed by atoms with E-state index in [1.807, 2.05) is 11.3 Å². The van der Waals surface area contributed by atoms with Crippen LogP contribution in [0.4, 0.5) is 0 Å². The molecule has 0 spiro atoms. The van der Waals surface area contributed by atoms with Gasteiger partial charge in [0.05, 0.1) is 3.79 Å². The summed E-state index contributed by atoms with van der Waals surface area (Å²) in [5.41, 5.74) is 1.58. The molecule has 0 aliphatic heterocycles. The summed E-state index contributed by atoms with van der Waals surface area (Å²) < 4.78 is 1.31. The number of rotatable bonds is 4. The van der Waals surface area contributed by atoms with Crippen molar-refractivity contribution in [2.75, 3.05) is 6.54 Å². The molecular formula is C17H26BrNS. The molecule has 1 unspecified atom stereocenters. The molecule has 0 saturated heterocycles. The predicted octanol–water partition coefficient (Wildman–Crippen LogP) is 5.69. The second-order valence-corrected chi connectivity index (χ2v) is 9.09. The molecule has 20 heavy (non-hydrogen) atoms. The van der Waals surface area contributed by atoms with Crippen molar-refractivity contribution in [2.24, 2.45) is 11.8 Å². The van der Waals surface area contributed by atoms with Gasteiger partial charge in [0, 0.05) is 10.9 Å². The van der Waals surface area contributed by atoms with Gasteiger partial charge in [-0.05, 0) is 78.0 Å². The number of aryl methyl sites for hydroxylation is 1. The van der Waals surface area contributed by atoms with Crippen LogP contribution in [0.3, 0.4) is 0 Å². The largest absolute Gasteiger partial charge is 0.310 e. The molecule has 1 heterocycles. The van der Waals surface area contributed by atoms with Crippen molar-refractivity contribution < 1.29 is 0 Å². The highest BCUT2D eigenvalue weighted by molar-refractivity contribution is 9.11. The fourth-order valence-electron chi connectivity index (χ4n) is 3.89. The predicted molar refractivity (Wildman–Crippen MR) is 91.4 cm³/mol. The third-order valence-corrected chi connectivity index (χ3v) is 6.99. The van der Waals surface area contributed by atoms with Crippen molar-refractivity contribution in [1.29, 1.82) is 0 Å². The highest BCUT2D eigenvalue weighted by Crippen LogP contribution is 2.38. The van der Waals surface area contributed by atoms with Crippen molar-refractivity contribution in [3.8, 4) is 0 Å². The zero-order valence-corrected chi connectivity index (χ0v) is 14.9. The van der Waals surface area contributed by atoms with Crippen molar-refractivity contribution in [3.05, 3.63) is 20.3 Å². The minimum atomic E-state index is 0.616. The normalized spacial score (nSPS) is 30.2. The molecule has 112 valence electrons. The molecule has 3 heteroatoms. The Labute approximate surface area is 135 Å². The molecule has 1 aromatic rings. The minimum absolute atomic E-state index is 0.616. The van der Waals surface area contributed by atoms with Crippen molar-refractivity contribution >= 4 is 27.3 Å². The van der Waals surface area contributed by atoms with Crippen molar-refractivity contribution in [2.45, 2.75) is 64.3 Å². The minimum Gasteiger partial charge on any atom is -0.310 e. The summed E-state index contributed by atoms with van der Waals surface area (Å²) in [6.07, 6.45) is 11.1. The second kappa shape index (κ2) is 6.93. The first-order chi connectivity index (χ1) is 9.76. The lowest BCUT2D eigenvalue weighted by Crippen LogP contribution is -2.31. The van der Waals surface area contributed by atoms with Gasteiger partial charge in [0.2, 0.25) is 0 Å². The van der Waals surface area contributed by atoms with E-state index in [2.05, 4.69) is 34.2 Å². The van der Waals surface area contributed by atoms with E-state index in [4.69, 9.17) is 0 Å². The zero-order chi connectivity index (χ0) is 13.9. The molecule has 1 N–H and O–H groups in total. The van der Waals surface area contributed by atoms with Crippen LogP contribution in [0.2, 0.25) is 0 Å². The van der Waals surface area contributed by atoms with E-state index in [1.54, 1.807) is 10.4 Å². The van der Waals surface area contributed by atoms with E-state index in [9.17, 15) is 0 Å². The average Bonchev–Trinajstić information content (AvgIpc) is 2.86. The van der Waals surface area contributed by atoms with E-state index < -0.39 is 0 Å². The second-order valence-electron chi connectivity index (χ2n) is 6.58. The molecule has 0 amide bonds. The molecule has 1 nitrogen and oxygen atoms in total. The molecular weight excluding hydrogens is 330 g/mol. The van der Waals surface area contributed by atoms with E-state index in [0.717, 1.165) is 11.8 Å². The maximum atomic E-state index is 3.88. The van der Waals surface area contributed by atoms with Gasteiger partial charge in [0.1, 0.15) is 0 Å². The highest BCUT2D eigenvalue weighted by Gasteiger charge is 2.24. The number of hydrogen-bond acceptors (Lipinski definition) is 2. The molecule has 3 rings (SSSR count). The van der Waals surface area contributed by atoms with Gasteiger partial charge in [-0.25, -0.2) is 0 Å². The third kappa shape index (κ3) is 3.48. The number of fused-ring (bicyclic) bond motifs is 1. The number of hydrogen-bond donors (Lipinski definition) is 1. The Morgan fingerprint density at radius 3 is 2.70 bits per heavy atom. The summed E-state index contributed by atoms with van der Waals surface area (Å²) in [6, 6.07) is 2.97. The van der Waals surface area contributed by atoms with Gasteiger partial charge >= 0.3 is 0 Å². The summed E-state index contributed by atoms with van der Waals surface area (Å²) in [5, 5.41) is 3.88. The molecule has 1 aromatic heterocycles. The van der Waals surface area contributed by atoms with Crippen LogP contribution in [0.1, 0.15) is 68.4 Å². The number of halogens is 1.